The van der Waals surface area contributed by atoms with Crippen molar-refractivity contribution in [2.24, 2.45) is 11.1 Å². The number of esters is 1. The van der Waals surface area contributed by atoms with Gasteiger partial charge in [-0.3, -0.25) is 19.3 Å². The van der Waals surface area contributed by atoms with E-state index < -0.39 is 46.1 Å². The molecule has 406 valence electrons. The number of thiazole rings is 1. The van der Waals surface area contributed by atoms with Crippen molar-refractivity contribution in [3.63, 3.8) is 0 Å². The number of β-lactam (4-membered cyclic amide) rings is 1. The van der Waals surface area contributed by atoms with E-state index in [-0.39, 0.29) is 70.1 Å². The summed E-state index contributed by atoms with van der Waals surface area (Å²) in [5.74, 6) is -1.44. The Balaban J connectivity index is 1.09. The van der Waals surface area contributed by atoms with Gasteiger partial charge in [0.05, 0.1) is 65.1 Å². The van der Waals surface area contributed by atoms with Crippen LogP contribution in [0.1, 0.15) is 95.1 Å². The molecular weight excluding hydrogens is 1050 g/mol. The minimum absolute atomic E-state index is 0.0293. The maximum absolute atomic E-state index is 15.1. The van der Waals surface area contributed by atoms with Crippen LogP contribution in [0, 0.1) is 12.8 Å². The Bertz CT molecular complexity index is 3180. The molecule has 2 aromatic heterocycles. The molecule has 5 heterocycles. The van der Waals surface area contributed by atoms with Crippen molar-refractivity contribution in [1.82, 2.24) is 14.5 Å². The predicted molar refractivity (Wildman–Crippen MR) is 295 cm³/mol. The molecule has 0 unspecified atom stereocenters. The van der Waals surface area contributed by atoms with Gasteiger partial charge in [0.2, 0.25) is 11.5 Å². The van der Waals surface area contributed by atoms with Crippen molar-refractivity contribution in [3.05, 3.63) is 120 Å². The zero-order chi connectivity index (χ0) is 55.6. The van der Waals surface area contributed by atoms with E-state index >= 15 is 4.79 Å². The maximum Gasteiger partial charge on any atom is 0.378 e. The first-order valence-corrected chi connectivity index (χ1v) is 27.6. The molecule has 17 nitrogen and oxygen atoms in total. The van der Waals surface area contributed by atoms with Gasteiger partial charge in [-0.15, -0.1) is 23.1 Å². The van der Waals surface area contributed by atoms with E-state index in [1.807, 2.05) is 73.1 Å². The molecule has 2 radical (unpaired) electrons. The monoisotopic (exact) mass is 1110 g/mol. The highest BCUT2D eigenvalue weighted by molar-refractivity contribution is 8.00. The summed E-state index contributed by atoms with van der Waals surface area (Å²) in [6.07, 6.45) is 3.30. The number of carbonyl (C=O) groups is 4. The average Bonchev–Trinajstić information content (AvgIpc) is 4.06. The number of quaternary nitrogens is 1. The smallest absolute Gasteiger partial charge is 0.378 e. The van der Waals surface area contributed by atoms with Gasteiger partial charge in [0.15, 0.2) is 28.4 Å². The topological polar surface area (TPSA) is 183 Å². The fourth-order valence-electron chi connectivity index (χ4n) is 9.83. The Kier molecular flexibility index (Phi) is 17.2. The van der Waals surface area contributed by atoms with Crippen molar-refractivity contribution < 1.29 is 56.8 Å². The number of oxime groups is 1. The molecular formula is C56H64BClN5O12S2+. The number of thioether (sulfide) groups is 1. The lowest BCUT2D eigenvalue weighted by molar-refractivity contribution is -0.925. The van der Waals surface area contributed by atoms with Gasteiger partial charge in [-0.05, 0) is 90.8 Å². The van der Waals surface area contributed by atoms with Crippen LogP contribution in [-0.4, -0.2) is 112 Å². The fraction of sp³-hybridized carbons (Fsp3) is 0.446. The number of ketones is 1. The molecule has 3 aliphatic rings. The van der Waals surface area contributed by atoms with Crippen LogP contribution < -0.4 is 24.4 Å². The minimum atomic E-state index is -1.57. The molecule has 0 spiro atoms. The van der Waals surface area contributed by atoms with Gasteiger partial charge in [-0.25, -0.2) is 14.6 Å². The van der Waals surface area contributed by atoms with Gasteiger partial charge in [0.1, 0.15) is 54.8 Å². The standard InChI is InChI=1S/C56H64BClN5O12S2/c1-11-61-26-36(49(65)45-42(61)25-44(71-29-34-14-18-37(69-9)19-15-34)50(46(45)58)72-30-35-16-20-38(70-10)21-17-35)27-63(22-12-13-23-63)28-40-32(2)77-52-39(51(66)62(52)48(40)53(67)74-57)24-43(64)47(41-31-76-33(3)59-41)60-75-56(7,8)54(68)73-55(4,5)6/h14-21,25-26,31-32,39,52H,11-13,22-24,27-30H2,1-10H3/q+1/b60-47-/t32-,39+,52+/m0/s1. The molecule has 3 atom stereocenters. The number of Topliss-reactive ketones (excluding diaryl/α,β-unsaturated/α-hetero) is 1. The SMILES string of the molecule is [B]OC(=O)C1=C(C[N+]2(Cc3cn(CC)c4cc(OCc5ccc(OC)cc5)c(OCc5ccc(OC)cc5)c(Cl)c4c3=O)CCCC2)[C@H](C)S[C@@H]2[C@H](CC(=O)/C(=N\OC(C)(C)C(=O)OC(C)(C)C)c3csc(C)n3)C(=O)N12. The number of hydrogen-bond donors (Lipinski definition) is 0. The largest absolute Gasteiger partial charge is 0.539 e. The van der Waals surface area contributed by atoms with Crippen LogP contribution in [0.3, 0.4) is 0 Å². The second-order valence-electron chi connectivity index (χ2n) is 21.0. The molecule has 3 aromatic carbocycles. The predicted octanol–water partition coefficient (Wildman–Crippen LogP) is 9.03. The third-order valence-electron chi connectivity index (χ3n) is 13.9. The number of aromatic nitrogens is 2. The normalized spacial score (nSPS) is 18.4. The van der Waals surface area contributed by atoms with Crippen molar-refractivity contribution >= 4 is 83.0 Å². The highest BCUT2D eigenvalue weighted by Crippen LogP contribution is 2.50. The van der Waals surface area contributed by atoms with Crippen LogP contribution in [0.15, 0.2) is 87.4 Å². The molecule has 5 aromatic rings. The number of amides is 1. The third kappa shape index (κ3) is 12.4. The third-order valence-corrected chi connectivity index (χ3v) is 16.5. The van der Waals surface area contributed by atoms with Crippen LogP contribution in [0.4, 0.5) is 0 Å². The lowest BCUT2D eigenvalue weighted by Gasteiger charge is -2.52. The van der Waals surface area contributed by atoms with E-state index in [1.54, 1.807) is 53.4 Å². The number of ether oxygens (including phenoxy) is 5. The second kappa shape index (κ2) is 23.3. The summed E-state index contributed by atoms with van der Waals surface area (Å²) in [5, 5.41) is 5.91. The first-order valence-electron chi connectivity index (χ1n) is 25.4. The Morgan fingerprint density at radius 1 is 0.922 bits per heavy atom. The van der Waals surface area contributed by atoms with Crippen LogP contribution in [0.25, 0.3) is 10.9 Å². The molecule has 1 amide bonds. The molecule has 0 bridgehead atoms. The van der Waals surface area contributed by atoms with Gasteiger partial charge < -0.3 is 42.2 Å². The minimum Gasteiger partial charge on any atom is -0.539 e. The van der Waals surface area contributed by atoms with E-state index in [0.29, 0.717) is 69.6 Å². The number of rotatable bonds is 21. The molecule has 0 aliphatic carbocycles. The van der Waals surface area contributed by atoms with Crippen molar-refractivity contribution in [1.29, 1.82) is 0 Å². The van der Waals surface area contributed by atoms with Gasteiger partial charge >= 0.3 is 20.0 Å². The number of aryl methyl sites for hydroxylation is 2. The Hall–Kier alpha value is -6.35. The van der Waals surface area contributed by atoms with Gasteiger partial charge in [0, 0.05) is 54.3 Å². The fourth-order valence-corrected chi connectivity index (χ4v) is 12.3. The van der Waals surface area contributed by atoms with Gasteiger partial charge in [-0.1, -0.05) is 41.0 Å². The van der Waals surface area contributed by atoms with E-state index in [4.69, 9.17) is 52.8 Å². The Morgan fingerprint density at radius 2 is 1.55 bits per heavy atom. The van der Waals surface area contributed by atoms with Crippen LogP contribution in [0.5, 0.6) is 23.0 Å². The number of fused-ring (bicyclic) bond motifs is 2. The number of pyridine rings is 1. The van der Waals surface area contributed by atoms with Gasteiger partial charge in [-0.2, -0.15) is 0 Å². The van der Waals surface area contributed by atoms with Crippen LogP contribution in [0.2, 0.25) is 5.02 Å². The summed E-state index contributed by atoms with van der Waals surface area (Å²) in [6, 6.07) is 16.8. The number of likely N-dealkylation sites (tertiary alicyclic amines) is 1. The molecule has 3 aliphatic heterocycles. The van der Waals surface area contributed by atoms with E-state index in [1.165, 1.54) is 41.8 Å². The number of halogens is 1. The molecule has 2 fully saturated rings. The average molecular weight is 1110 g/mol. The summed E-state index contributed by atoms with van der Waals surface area (Å²) in [5.41, 5.74) is 0.915. The van der Waals surface area contributed by atoms with Gasteiger partial charge in [0.25, 0.3) is 0 Å². The number of benzene rings is 3. The highest BCUT2D eigenvalue weighted by Gasteiger charge is 2.57. The first kappa shape index (κ1) is 56.8. The highest BCUT2D eigenvalue weighted by atomic mass is 35.5. The van der Waals surface area contributed by atoms with Crippen molar-refractivity contribution in [2.45, 2.75) is 123 Å². The molecule has 0 N–H and O–H groups in total. The van der Waals surface area contributed by atoms with E-state index in [0.717, 1.165) is 24.0 Å². The van der Waals surface area contributed by atoms with Crippen molar-refractivity contribution in [3.8, 4) is 23.0 Å². The van der Waals surface area contributed by atoms with Crippen LogP contribution in [-0.2, 0) is 59.7 Å². The van der Waals surface area contributed by atoms with Crippen LogP contribution >= 0.6 is 34.7 Å². The number of hydrogen-bond acceptors (Lipinski definition) is 16. The van der Waals surface area contributed by atoms with E-state index in [2.05, 4.69) is 10.1 Å². The van der Waals surface area contributed by atoms with Crippen molar-refractivity contribution in [2.75, 3.05) is 33.9 Å². The maximum atomic E-state index is 15.1. The molecule has 8 rings (SSSR count). The number of carbonyl (C=O) groups excluding carboxylic acids is 4. The molecule has 77 heavy (non-hydrogen) atoms. The molecule has 0 saturated carbocycles. The Morgan fingerprint density at radius 3 is 2.10 bits per heavy atom. The zero-order valence-electron chi connectivity index (χ0n) is 45.1. The lowest BCUT2D eigenvalue weighted by Crippen LogP contribution is -2.63. The Labute approximate surface area is 462 Å². The second-order valence-corrected chi connectivity index (χ2v) is 23.9. The zero-order valence-corrected chi connectivity index (χ0v) is 47.4. The lowest BCUT2D eigenvalue weighted by atomic mass is 9.88. The number of nitrogens with zero attached hydrogens (tertiary/aromatic N) is 5. The number of methoxy groups -OCH3 is 2. The summed E-state index contributed by atoms with van der Waals surface area (Å²) in [4.78, 5) is 82.2. The quantitative estimate of drug-likeness (QED) is 0.0169. The summed E-state index contributed by atoms with van der Waals surface area (Å²) in [6.45, 7) is 16.6. The molecule has 2 saturated heterocycles. The summed E-state index contributed by atoms with van der Waals surface area (Å²) < 4.78 is 36.4. The van der Waals surface area contributed by atoms with E-state index in [9.17, 15) is 19.2 Å². The summed E-state index contributed by atoms with van der Waals surface area (Å²) in [7, 11) is 8.83. The summed E-state index contributed by atoms with van der Waals surface area (Å²) >= 11 is 10.1. The first-order chi connectivity index (χ1) is 36.6. The molecule has 21 heteroatoms.